The van der Waals surface area contributed by atoms with Crippen molar-refractivity contribution in [1.82, 2.24) is 26.6 Å². The van der Waals surface area contributed by atoms with Gasteiger partial charge >= 0.3 is 11.9 Å². The Balaban J connectivity index is 1.49. The SMILES string of the molecule is CC(=O)NC1[C@H](O[C@@H]2[C@H](O[C@@]3(C(=O)O)C[C@@H](O)[C@H](NC(C)=O)[C@@H]([C@H](O)[C@H](O)CO)O3)[C@@H](O)[C@H](O[C@H]3[C@H](O)[C@@H](CO[C@]4(C(=O)O)C[C@H](O)[C@@H](NC(C)=O)[C@H]([C@H](O)[C@H](O)CO)O4)O[C@@H](O[C@H]4[C@@H](O)[C@@H](CO)O[C@@H](OCCCCCNC(=O)CCS)[C@@H]4O)[C@@H]3NC(C)=O)O[C@@H]2CO)O[C@H](CO)[C@H](O)[C@@H]1O. The molecule has 0 bridgehead atoms. The van der Waals surface area contributed by atoms with Crippen molar-refractivity contribution < 1.29 is 187 Å². The Bertz CT molecular complexity index is 2730. The van der Waals surface area contributed by atoms with Gasteiger partial charge in [-0.15, -0.1) is 0 Å². The fraction of sp³-hybridized carbons (Fsp3) is 0.879. The molecule has 0 saturated carbocycles. The summed E-state index contributed by atoms with van der Waals surface area (Å²) in [5.41, 5.74) is 0. The molecule has 588 valence electrons. The first-order valence-electron chi connectivity index (χ1n) is 32.6. The Morgan fingerprint density at radius 3 is 1.45 bits per heavy atom. The summed E-state index contributed by atoms with van der Waals surface area (Å²) in [4.78, 5) is 90.2. The first-order chi connectivity index (χ1) is 48.1. The quantitative estimate of drug-likeness (QED) is 0.0207. The molecule has 5 amide bonds. The maximum atomic E-state index is 13.9. The van der Waals surface area contributed by atoms with Gasteiger partial charge in [0.05, 0.1) is 63.9 Å². The molecule has 0 radical (unpaired) electrons. The number of nitrogens with one attached hydrogen (secondary N) is 5. The van der Waals surface area contributed by atoms with E-state index in [0.717, 1.165) is 27.7 Å². The summed E-state index contributed by atoms with van der Waals surface area (Å²) in [6.45, 7) is -3.44. The molecule has 0 spiro atoms. The van der Waals surface area contributed by atoms with Crippen LogP contribution in [-0.4, -0.2) is 392 Å². The number of hydrogen-bond acceptors (Lipinski definition) is 37. The van der Waals surface area contributed by atoms with Crippen LogP contribution in [0.3, 0.4) is 0 Å². The molecule has 6 fully saturated rings. The van der Waals surface area contributed by atoms with Crippen LogP contribution >= 0.6 is 12.6 Å². The van der Waals surface area contributed by atoms with E-state index in [1.165, 1.54) is 0 Å². The summed E-state index contributed by atoms with van der Waals surface area (Å²) in [5, 5.41) is 224. The van der Waals surface area contributed by atoms with Gasteiger partial charge in [-0.25, -0.2) is 9.59 Å². The van der Waals surface area contributed by atoms with Crippen LogP contribution in [0.4, 0.5) is 0 Å². The van der Waals surface area contributed by atoms with Crippen molar-refractivity contribution in [2.45, 2.75) is 261 Å². The van der Waals surface area contributed by atoms with Gasteiger partial charge in [-0.2, -0.15) is 12.6 Å². The summed E-state index contributed by atoms with van der Waals surface area (Å²) in [6, 6.07) is -7.61. The molecule has 32 atom stereocenters. The summed E-state index contributed by atoms with van der Waals surface area (Å²) >= 11 is 4.03. The average molecular weight is 1500 g/mol. The molecule has 6 aliphatic heterocycles. The molecular weight excluding hydrogens is 1410 g/mol. The third kappa shape index (κ3) is 21.0. The molecule has 102 heavy (non-hydrogen) atoms. The lowest BCUT2D eigenvalue weighted by Crippen LogP contribution is -2.72. The predicted molar refractivity (Wildman–Crippen MR) is 329 cm³/mol. The van der Waals surface area contributed by atoms with Gasteiger partial charge in [-0.1, -0.05) is 0 Å². The number of rotatable bonds is 35. The van der Waals surface area contributed by atoms with Crippen molar-refractivity contribution in [3.8, 4) is 0 Å². The maximum Gasteiger partial charge on any atom is 0.364 e. The van der Waals surface area contributed by atoms with Crippen LogP contribution in [0.5, 0.6) is 0 Å². The highest BCUT2D eigenvalue weighted by atomic mass is 32.1. The molecule has 43 nitrogen and oxygen atoms in total. The summed E-state index contributed by atoms with van der Waals surface area (Å²) in [6.07, 6.45) is -58.7. The lowest BCUT2D eigenvalue weighted by atomic mass is 9.88. The number of amides is 5. The van der Waals surface area contributed by atoms with Crippen molar-refractivity contribution in [3.63, 3.8) is 0 Å². The minimum atomic E-state index is -3.50. The highest BCUT2D eigenvalue weighted by Crippen LogP contribution is 2.42. The van der Waals surface area contributed by atoms with Crippen LogP contribution in [0.15, 0.2) is 0 Å². The zero-order chi connectivity index (χ0) is 76.0. The number of ether oxygens (including phenoxy) is 12. The van der Waals surface area contributed by atoms with Gasteiger partial charge < -0.3 is 180 Å². The minimum absolute atomic E-state index is 0.173. The summed E-state index contributed by atoms with van der Waals surface area (Å²) in [5.74, 6) is -14.8. The van der Waals surface area contributed by atoms with Crippen molar-refractivity contribution in [1.29, 1.82) is 0 Å². The smallest absolute Gasteiger partial charge is 0.364 e. The number of unbranched alkanes of at least 4 members (excludes halogenated alkanes) is 2. The van der Waals surface area contributed by atoms with Gasteiger partial charge in [-0.05, 0) is 25.0 Å². The van der Waals surface area contributed by atoms with E-state index in [-0.39, 0.29) is 31.9 Å². The second-order valence-corrected chi connectivity index (χ2v) is 25.8. The van der Waals surface area contributed by atoms with Gasteiger partial charge in [0.15, 0.2) is 25.2 Å². The molecule has 44 heteroatoms. The molecule has 0 aromatic rings. The molecule has 6 heterocycles. The molecular formula is C58H97N5O38S. The maximum absolute atomic E-state index is 13.9. The van der Waals surface area contributed by atoms with Crippen LogP contribution in [0.25, 0.3) is 0 Å². The standard InChI is InChI=1S/C58H97N5O38S/c1-20(69)60-33-24(73)12-57(55(86)87,99-47(33)37(78)26(75)14-64)91-19-31-41(82)46(36(63-23(4)72)52(95-31)98-49-40(81)29(17-67)93-53(43(49)84)90-10-7-5-6-9-59-32(77)8-11-102)97-54-44(85)50(45(30(18-68)94-54)96-51-35(62-22(3)71)42(83)39(80)28(16-66)92-51)101-58(56(88)89)13-25(74)34(61-21(2)70)48(100-58)38(79)27(76)15-65/h24-31,33-54,64-68,73-76,78-85,102H,5-19H2,1-4H3,(H,59,77)(H,60,69)(H,61,70)(H,62,71)(H,63,72)(H,86,87)(H,88,89)/t24-,25+,26+,27+,28+,29+,30+,31+,33+,34-,35?,36+,37+,38+,39-,40-,41+,42+,43+,44+,45-,46+,47+,48-,49-,50+,51-,52-,53+,54-,57+,58+/m0/s1. The summed E-state index contributed by atoms with van der Waals surface area (Å²) < 4.78 is 72.0. The van der Waals surface area contributed by atoms with Crippen molar-refractivity contribution in [3.05, 3.63) is 0 Å². The number of carbonyl (C=O) groups is 7. The number of aliphatic hydroxyl groups is 17. The van der Waals surface area contributed by atoms with E-state index in [0.29, 0.717) is 18.6 Å². The van der Waals surface area contributed by atoms with E-state index >= 15 is 0 Å². The van der Waals surface area contributed by atoms with E-state index in [4.69, 9.17) is 56.8 Å². The average Bonchev–Trinajstić information content (AvgIpc) is 0.753. The van der Waals surface area contributed by atoms with Crippen LogP contribution in [0, 0.1) is 0 Å². The highest BCUT2D eigenvalue weighted by molar-refractivity contribution is 7.80. The Labute approximate surface area is 586 Å². The van der Waals surface area contributed by atoms with Crippen LogP contribution in [0.1, 0.15) is 66.2 Å². The number of carbonyl (C=O) groups excluding carboxylic acids is 5. The molecule has 6 aliphatic rings. The van der Waals surface area contributed by atoms with E-state index in [9.17, 15) is 131 Å². The van der Waals surface area contributed by atoms with Gasteiger partial charge in [0.25, 0.3) is 11.6 Å². The molecule has 0 aliphatic carbocycles. The Hall–Kier alpha value is -4.52. The normalized spacial score (nSPS) is 40.0. The Morgan fingerprint density at radius 2 is 0.931 bits per heavy atom. The van der Waals surface area contributed by atoms with Gasteiger partial charge in [0.2, 0.25) is 29.5 Å². The van der Waals surface area contributed by atoms with Gasteiger partial charge in [0.1, 0.15) is 134 Å². The molecule has 0 aromatic carbocycles. The second kappa shape index (κ2) is 38.8. The first kappa shape index (κ1) is 86.4. The largest absolute Gasteiger partial charge is 0.477 e. The monoisotopic (exact) mass is 1500 g/mol. The second-order valence-electron chi connectivity index (χ2n) is 25.3. The zero-order valence-electron chi connectivity index (χ0n) is 55.6. The summed E-state index contributed by atoms with van der Waals surface area (Å²) in [7, 11) is 0. The number of hydrogen-bond donors (Lipinski definition) is 25. The zero-order valence-corrected chi connectivity index (χ0v) is 56.5. The van der Waals surface area contributed by atoms with Gasteiger partial charge in [-0.3, -0.25) is 24.0 Å². The Kier molecular flexibility index (Phi) is 32.9. The number of aliphatic hydroxyl groups excluding tert-OH is 17. The highest BCUT2D eigenvalue weighted by Gasteiger charge is 2.63. The van der Waals surface area contributed by atoms with Crippen LogP contribution in [0.2, 0.25) is 0 Å². The third-order valence-electron chi connectivity index (χ3n) is 17.7. The lowest BCUT2D eigenvalue weighted by molar-refractivity contribution is -0.400. The van der Waals surface area contributed by atoms with E-state index < -0.39 is 283 Å². The molecule has 1 unspecified atom stereocenters. The predicted octanol–water partition coefficient (Wildman–Crippen LogP) is -13.5. The van der Waals surface area contributed by atoms with Crippen LogP contribution in [-0.2, 0) is 90.4 Å². The third-order valence-corrected chi connectivity index (χ3v) is 18.0. The van der Waals surface area contributed by atoms with Gasteiger partial charge in [0, 0.05) is 60.1 Å². The molecule has 6 saturated heterocycles. The lowest BCUT2D eigenvalue weighted by Gasteiger charge is -2.53. The number of carboxylic acid groups (broad SMARTS) is 2. The first-order valence-corrected chi connectivity index (χ1v) is 33.2. The molecule has 6 rings (SSSR count). The molecule has 0 aromatic heterocycles. The van der Waals surface area contributed by atoms with Crippen molar-refractivity contribution in [2.75, 3.05) is 58.5 Å². The fourth-order valence-corrected chi connectivity index (χ4v) is 12.8. The molecule has 24 N–H and O–H groups in total. The van der Waals surface area contributed by atoms with E-state index in [1.54, 1.807) is 0 Å². The van der Waals surface area contributed by atoms with E-state index in [2.05, 4.69) is 39.2 Å². The van der Waals surface area contributed by atoms with Crippen molar-refractivity contribution >= 4 is 54.1 Å². The fourth-order valence-electron chi connectivity index (χ4n) is 12.6. The van der Waals surface area contributed by atoms with Crippen molar-refractivity contribution in [2.24, 2.45) is 0 Å². The van der Waals surface area contributed by atoms with E-state index in [1.807, 2.05) is 0 Å². The Morgan fingerprint density at radius 1 is 0.490 bits per heavy atom. The van der Waals surface area contributed by atoms with Crippen LogP contribution < -0.4 is 26.6 Å². The number of thiol groups is 1. The number of aliphatic carboxylic acids is 2. The topological polar surface area (TPSA) is 675 Å². The minimum Gasteiger partial charge on any atom is -0.477 e. The number of carboxylic acids is 2.